The number of Topliss-reactive ketones (excluding diaryl/α,β-unsaturated/α-hetero) is 1. The Morgan fingerprint density at radius 1 is 1.15 bits per heavy atom. The van der Waals surface area contributed by atoms with Crippen molar-refractivity contribution in [1.82, 2.24) is 9.88 Å². The molecule has 4 heterocycles. The number of hydrogen-bond donors (Lipinski definition) is 1. The highest BCUT2D eigenvalue weighted by atomic mass is 16.5. The van der Waals surface area contributed by atoms with Gasteiger partial charge in [-0.15, -0.1) is 0 Å². The summed E-state index contributed by atoms with van der Waals surface area (Å²) >= 11 is 0. The maximum atomic E-state index is 12.3. The Kier molecular flexibility index (Phi) is 4.99. The number of aliphatic carboxylic acids is 1. The minimum absolute atomic E-state index is 0.0448. The lowest BCUT2D eigenvalue weighted by molar-refractivity contribution is -0.150. The lowest BCUT2D eigenvalue weighted by Crippen LogP contribution is -2.56. The number of benzene rings is 1. The molecule has 0 amide bonds. The summed E-state index contributed by atoms with van der Waals surface area (Å²) < 4.78 is 7.42. The minimum atomic E-state index is -0.873. The molecule has 8 rings (SSSR count). The van der Waals surface area contributed by atoms with Gasteiger partial charge in [-0.25, -0.2) is 0 Å². The fourth-order valence-electron chi connectivity index (χ4n) is 9.86. The molecule has 6 heteroatoms. The number of pyridine rings is 1. The summed E-state index contributed by atoms with van der Waals surface area (Å²) in [5, 5.41) is 12.3. The van der Waals surface area contributed by atoms with Gasteiger partial charge >= 0.3 is 5.97 Å². The molecule has 4 fully saturated rings. The largest absolute Gasteiger partial charge is 0.480 e. The van der Waals surface area contributed by atoms with Crippen LogP contribution in [0.4, 0.5) is 0 Å². The first-order valence-electron chi connectivity index (χ1n) is 14.8. The summed E-state index contributed by atoms with van der Waals surface area (Å²) in [6.07, 6.45) is 17.0. The molecule has 2 spiro atoms. The highest BCUT2D eigenvalue weighted by Gasteiger charge is 2.67. The first kappa shape index (κ1) is 24.0. The predicted molar refractivity (Wildman–Crippen MR) is 147 cm³/mol. The quantitative estimate of drug-likeness (QED) is 0.565. The van der Waals surface area contributed by atoms with E-state index < -0.39 is 12.0 Å². The zero-order chi connectivity index (χ0) is 26.6. The minimum Gasteiger partial charge on any atom is -0.480 e. The summed E-state index contributed by atoms with van der Waals surface area (Å²) in [5.41, 5.74) is 3.77. The Labute approximate surface area is 229 Å². The number of carbonyl (C=O) groups excluding carboxylic acids is 1. The van der Waals surface area contributed by atoms with Gasteiger partial charge in [0.2, 0.25) is 0 Å². The third-order valence-electron chi connectivity index (χ3n) is 11.7. The molecule has 202 valence electrons. The maximum absolute atomic E-state index is 12.3. The standard InChI is InChI=1S/C33H36N2O4/c1-31-10-8-24-15-23-4-5-25(35-19-26(36)16-28(35)30(37)38)17-32(23)11-12-33(24,39-32)29(31)7-6-27(31)21-3-2-20-9-13-34-18-22(20)14-21/h2-3,8-9,13-15,18,25,27-29H,4-7,10-12,16-17,19H2,1H3,(H,37,38)/t25-,27?,28+,29-,31?,32-,33-/m1/s1. The lowest BCUT2D eigenvalue weighted by atomic mass is 9.58. The maximum Gasteiger partial charge on any atom is 0.321 e. The van der Waals surface area contributed by atoms with E-state index in [9.17, 15) is 14.7 Å². The van der Waals surface area contributed by atoms with Crippen molar-refractivity contribution < 1.29 is 19.4 Å². The normalized spacial score (nSPS) is 41.1. The van der Waals surface area contributed by atoms with E-state index >= 15 is 0 Å². The van der Waals surface area contributed by atoms with Crippen molar-refractivity contribution in [3.8, 4) is 0 Å². The van der Waals surface area contributed by atoms with E-state index in [1.165, 1.54) is 33.9 Å². The van der Waals surface area contributed by atoms with Gasteiger partial charge in [-0.2, -0.15) is 0 Å². The lowest BCUT2D eigenvalue weighted by Gasteiger charge is -2.55. The number of hydrogen-bond acceptors (Lipinski definition) is 5. The topological polar surface area (TPSA) is 79.7 Å². The molecule has 2 bridgehead atoms. The molecule has 1 aromatic carbocycles. The van der Waals surface area contributed by atoms with Crippen LogP contribution in [0.2, 0.25) is 0 Å². The summed E-state index contributed by atoms with van der Waals surface area (Å²) in [5.74, 6) is 0.110. The summed E-state index contributed by atoms with van der Waals surface area (Å²) in [7, 11) is 0. The van der Waals surface area contributed by atoms with E-state index in [4.69, 9.17) is 4.74 Å². The van der Waals surface area contributed by atoms with Crippen molar-refractivity contribution >= 4 is 22.5 Å². The van der Waals surface area contributed by atoms with Crippen LogP contribution in [0.15, 0.2) is 60.0 Å². The van der Waals surface area contributed by atoms with Crippen LogP contribution in [0.3, 0.4) is 0 Å². The van der Waals surface area contributed by atoms with Crippen molar-refractivity contribution in [3.05, 3.63) is 65.5 Å². The molecule has 2 unspecified atom stereocenters. The van der Waals surface area contributed by atoms with Crippen LogP contribution in [0.25, 0.3) is 10.8 Å². The Hall–Kier alpha value is -2.83. The molecular weight excluding hydrogens is 488 g/mol. The van der Waals surface area contributed by atoms with Crippen molar-refractivity contribution in [2.24, 2.45) is 11.3 Å². The molecule has 6 aliphatic rings. The van der Waals surface area contributed by atoms with E-state index in [2.05, 4.69) is 48.3 Å². The smallest absolute Gasteiger partial charge is 0.321 e. The Morgan fingerprint density at radius 2 is 2.05 bits per heavy atom. The third kappa shape index (κ3) is 3.25. The summed E-state index contributed by atoms with van der Waals surface area (Å²) in [6.45, 7) is 2.76. The molecule has 39 heavy (non-hydrogen) atoms. The molecule has 1 aromatic heterocycles. The SMILES string of the molecule is CC12CC=C3C=C4CC[C@@H](N5CC(=O)C[C@H]5C(=O)O)C[C@]45CC[C@]3(O5)[C@@H]1CCC2c1ccc2ccncc2c1. The molecule has 7 atom stereocenters. The van der Waals surface area contributed by atoms with Crippen LogP contribution >= 0.6 is 0 Å². The molecule has 3 aliphatic carbocycles. The van der Waals surface area contributed by atoms with Gasteiger partial charge in [-0.1, -0.05) is 31.2 Å². The fourth-order valence-corrected chi connectivity index (χ4v) is 9.86. The van der Waals surface area contributed by atoms with Gasteiger partial charge in [0.25, 0.3) is 0 Å². The van der Waals surface area contributed by atoms with Crippen LogP contribution in [-0.2, 0) is 14.3 Å². The first-order valence-corrected chi connectivity index (χ1v) is 14.8. The van der Waals surface area contributed by atoms with Crippen LogP contribution in [-0.4, -0.2) is 56.6 Å². The monoisotopic (exact) mass is 524 g/mol. The second kappa shape index (κ2) is 8.11. The molecule has 2 saturated carbocycles. The van der Waals surface area contributed by atoms with Gasteiger partial charge in [0.05, 0.1) is 17.7 Å². The average molecular weight is 525 g/mol. The van der Waals surface area contributed by atoms with Crippen molar-refractivity contribution in [3.63, 3.8) is 0 Å². The van der Waals surface area contributed by atoms with Crippen molar-refractivity contribution in [1.29, 1.82) is 0 Å². The number of nitrogens with zero attached hydrogens (tertiary/aromatic N) is 2. The van der Waals surface area contributed by atoms with E-state index in [0.717, 1.165) is 44.9 Å². The number of ether oxygens (including phenoxy) is 1. The van der Waals surface area contributed by atoms with Gasteiger partial charge in [0, 0.05) is 30.2 Å². The van der Waals surface area contributed by atoms with Crippen LogP contribution in [0.5, 0.6) is 0 Å². The number of carboxylic acids is 1. The van der Waals surface area contributed by atoms with E-state index in [0.29, 0.717) is 11.8 Å². The number of allylic oxidation sites excluding steroid dienone is 1. The highest BCUT2D eigenvalue weighted by molar-refractivity contribution is 5.90. The Balaban J connectivity index is 1.12. The van der Waals surface area contributed by atoms with Gasteiger partial charge in [-0.3, -0.25) is 19.5 Å². The second-order valence-corrected chi connectivity index (χ2v) is 13.4. The second-order valence-electron chi connectivity index (χ2n) is 13.4. The summed E-state index contributed by atoms with van der Waals surface area (Å²) in [6, 6.07) is 8.40. The number of aromatic nitrogens is 1. The van der Waals surface area contributed by atoms with Gasteiger partial charge in [-0.05, 0) is 103 Å². The van der Waals surface area contributed by atoms with Crippen molar-refractivity contribution in [2.45, 2.75) is 93.9 Å². The van der Waals surface area contributed by atoms with E-state index in [-0.39, 0.29) is 41.4 Å². The first-order chi connectivity index (χ1) is 18.8. The zero-order valence-electron chi connectivity index (χ0n) is 22.6. The van der Waals surface area contributed by atoms with Gasteiger partial charge in [0.1, 0.15) is 11.8 Å². The Morgan fingerprint density at radius 3 is 2.92 bits per heavy atom. The number of likely N-dealkylation sites (tertiary alicyclic amines) is 1. The highest BCUT2D eigenvalue weighted by Crippen LogP contribution is 2.69. The van der Waals surface area contributed by atoms with Gasteiger partial charge in [0.15, 0.2) is 0 Å². The van der Waals surface area contributed by atoms with E-state index in [1.54, 1.807) is 0 Å². The molecular formula is C33H36N2O4. The number of rotatable bonds is 3. The fraction of sp³-hybridized carbons (Fsp3) is 0.545. The van der Waals surface area contributed by atoms with Gasteiger partial charge < -0.3 is 9.84 Å². The number of fused-ring (bicyclic) bond motifs is 2. The predicted octanol–water partition coefficient (Wildman–Crippen LogP) is 5.57. The number of carboxylic acid groups (broad SMARTS) is 1. The molecule has 3 aliphatic heterocycles. The number of ketones is 1. The van der Waals surface area contributed by atoms with Crippen LogP contribution in [0.1, 0.15) is 76.2 Å². The zero-order valence-corrected chi connectivity index (χ0v) is 22.6. The Bertz CT molecular complexity index is 1480. The molecule has 2 saturated heterocycles. The average Bonchev–Trinajstić information content (AvgIpc) is 3.59. The molecule has 0 radical (unpaired) electrons. The van der Waals surface area contributed by atoms with E-state index in [1.807, 2.05) is 17.3 Å². The molecule has 6 nitrogen and oxygen atoms in total. The molecule has 1 N–H and O–H groups in total. The van der Waals surface area contributed by atoms with Crippen LogP contribution < -0.4 is 0 Å². The van der Waals surface area contributed by atoms with Crippen molar-refractivity contribution in [2.75, 3.05) is 6.54 Å². The molecule has 2 aromatic rings. The third-order valence-corrected chi connectivity index (χ3v) is 11.7. The van der Waals surface area contributed by atoms with Crippen LogP contribution in [0, 0.1) is 11.3 Å². The summed E-state index contributed by atoms with van der Waals surface area (Å²) in [4.78, 5) is 30.6. The number of carbonyl (C=O) groups is 2.